The molecule has 2 rings (SSSR count). The first-order valence-electron chi connectivity index (χ1n) is 6.40. The van der Waals surface area contributed by atoms with Gasteiger partial charge in [-0.05, 0) is 30.4 Å². The van der Waals surface area contributed by atoms with Gasteiger partial charge in [0, 0.05) is 40.3 Å². The van der Waals surface area contributed by atoms with Crippen molar-refractivity contribution in [1.29, 1.82) is 0 Å². The van der Waals surface area contributed by atoms with Crippen LogP contribution in [0.1, 0.15) is 12.8 Å². The van der Waals surface area contributed by atoms with Crippen LogP contribution < -0.4 is 10.2 Å². The van der Waals surface area contributed by atoms with E-state index in [2.05, 4.69) is 32.7 Å². The largest absolute Gasteiger partial charge is 0.363 e. The molecule has 0 aliphatic carbocycles. The number of nitrogens with one attached hydrogen (secondary N) is 1. The van der Waals surface area contributed by atoms with Gasteiger partial charge >= 0.3 is 0 Å². The molecule has 0 unspecified atom stereocenters. The Kier molecular flexibility index (Phi) is 6.92. The van der Waals surface area contributed by atoms with Gasteiger partial charge in [-0.25, -0.2) is 0 Å². The van der Waals surface area contributed by atoms with Crippen LogP contribution in [-0.2, 0) is 0 Å². The Morgan fingerprint density at radius 3 is 2.58 bits per heavy atom. The maximum absolute atomic E-state index is 4.27. The molecule has 1 N–H and O–H groups in total. The van der Waals surface area contributed by atoms with Gasteiger partial charge in [-0.3, -0.25) is 4.99 Å². The van der Waals surface area contributed by atoms with E-state index in [0.29, 0.717) is 6.04 Å². The zero-order valence-corrected chi connectivity index (χ0v) is 14.9. The van der Waals surface area contributed by atoms with Crippen molar-refractivity contribution >= 4 is 46.3 Å². The molecule has 0 spiro atoms. The summed E-state index contributed by atoms with van der Waals surface area (Å²) in [7, 11) is 5.88. The lowest BCUT2D eigenvalue weighted by atomic mass is 10.1. The summed E-state index contributed by atoms with van der Waals surface area (Å²) in [5.74, 6) is 0.976. The molecule has 1 saturated heterocycles. The smallest absolute Gasteiger partial charge is 0.193 e. The monoisotopic (exact) mass is 394 g/mol. The van der Waals surface area contributed by atoms with E-state index >= 15 is 0 Å². The van der Waals surface area contributed by atoms with Crippen LogP contribution in [0.4, 0.5) is 5.00 Å². The SMILES string of the molecule is CN=C(NC1CCN(c2cccs2)CC1)N(C)C.I. The maximum Gasteiger partial charge on any atom is 0.193 e. The number of anilines is 1. The van der Waals surface area contributed by atoms with Crippen LogP contribution in [0, 0.1) is 0 Å². The highest BCUT2D eigenvalue weighted by molar-refractivity contribution is 14.0. The van der Waals surface area contributed by atoms with Crippen molar-refractivity contribution in [3.8, 4) is 0 Å². The minimum Gasteiger partial charge on any atom is -0.363 e. The van der Waals surface area contributed by atoms with Gasteiger partial charge in [-0.1, -0.05) is 0 Å². The van der Waals surface area contributed by atoms with Crippen LogP contribution in [0.3, 0.4) is 0 Å². The normalized spacial score (nSPS) is 17.0. The predicted octanol–water partition coefficient (Wildman–Crippen LogP) is 2.47. The van der Waals surface area contributed by atoms with E-state index in [-0.39, 0.29) is 24.0 Å². The lowest BCUT2D eigenvalue weighted by Crippen LogP contribution is -2.48. The van der Waals surface area contributed by atoms with Crippen molar-refractivity contribution in [2.45, 2.75) is 18.9 Å². The Balaban J connectivity index is 0.00000180. The van der Waals surface area contributed by atoms with Gasteiger partial charge in [-0.15, -0.1) is 35.3 Å². The summed E-state index contributed by atoms with van der Waals surface area (Å²) in [6.45, 7) is 2.26. The molecule has 1 aromatic heterocycles. The lowest BCUT2D eigenvalue weighted by Gasteiger charge is -2.34. The third-order valence-corrected chi connectivity index (χ3v) is 4.21. The summed E-state index contributed by atoms with van der Waals surface area (Å²) >= 11 is 1.83. The Hall–Kier alpha value is -0.500. The summed E-state index contributed by atoms with van der Waals surface area (Å²) in [5, 5.41) is 7.06. The zero-order valence-electron chi connectivity index (χ0n) is 11.8. The first-order chi connectivity index (χ1) is 8.70. The maximum atomic E-state index is 4.27. The van der Waals surface area contributed by atoms with Gasteiger partial charge in [0.1, 0.15) is 0 Å². The Morgan fingerprint density at radius 2 is 2.11 bits per heavy atom. The Bertz CT molecular complexity index is 383. The number of thiophene rings is 1. The zero-order chi connectivity index (χ0) is 13.0. The van der Waals surface area contributed by atoms with Crippen LogP contribution in [0.5, 0.6) is 0 Å². The highest BCUT2D eigenvalue weighted by Gasteiger charge is 2.20. The number of halogens is 1. The van der Waals surface area contributed by atoms with Gasteiger partial charge in [0.15, 0.2) is 5.96 Å². The van der Waals surface area contributed by atoms with Crippen molar-refractivity contribution < 1.29 is 0 Å². The third-order valence-electron chi connectivity index (χ3n) is 3.28. The fourth-order valence-electron chi connectivity index (χ4n) is 2.27. The average Bonchev–Trinajstić information content (AvgIpc) is 2.90. The fraction of sp³-hybridized carbons (Fsp3) is 0.615. The second kappa shape index (κ2) is 7.94. The highest BCUT2D eigenvalue weighted by Crippen LogP contribution is 2.24. The van der Waals surface area contributed by atoms with Crippen molar-refractivity contribution in [3.63, 3.8) is 0 Å². The standard InChI is InChI=1S/C13H22N4S.HI/c1-14-13(16(2)3)15-11-6-8-17(9-7-11)12-5-4-10-18-12;/h4-5,10-11H,6-9H2,1-3H3,(H,14,15);1H. The molecule has 1 fully saturated rings. The Labute approximate surface area is 136 Å². The molecular formula is C13H23IN4S. The van der Waals surface area contributed by atoms with E-state index in [4.69, 9.17) is 0 Å². The van der Waals surface area contributed by atoms with E-state index in [0.717, 1.165) is 19.0 Å². The molecule has 0 bridgehead atoms. The summed E-state index contributed by atoms with van der Waals surface area (Å²) in [6, 6.07) is 4.87. The summed E-state index contributed by atoms with van der Waals surface area (Å²) in [6.07, 6.45) is 2.34. The van der Waals surface area contributed by atoms with E-state index in [1.807, 2.05) is 37.4 Å². The van der Waals surface area contributed by atoms with E-state index in [1.54, 1.807) is 0 Å². The topological polar surface area (TPSA) is 30.9 Å². The second-order valence-corrected chi connectivity index (χ2v) is 5.72. The van der Waals surface area contributed by atoms with Crippen LogP contribution in [0.25, 0.3) is 0 Å². The fourth-order valence-corrected chi connectivity index (χ4v) is 3.06. The quantitative estimate of drug-likeness (QED) is 0.475. The van der Waals surface area contributed by atoms with Crippen molar-refractivity contribution in [1.82, 2.24) is 10.2 Å². The number of hydrogen-bond donors (Lipinski definition) is 1. The van der Waals surface area contributed by atoms with Crippen molar-refractivity contribution in [2.75, 3.05) is 39.1 Å². The van der Waals surface area contributed by atoms with Gasteiger partial charge in [0.2, 0.25) is 0 Å². The lowest BCUT2D eigenvalue weighted by molar-refractivity contribution is 0.445. The van der Waals surface area contributed by atoms with E-state index in [9.17, 15) is 0 Å². The number of rotatable bonds is 2. The van der Waals surface area contributed by atoms with Crippen LogP contribution >= 0.6 is 35.3 Å². The predicted molar refractivity (Wildman–Crippen MR) is 95.2 cm³/mol. The van der Waals surface area contributed by atoms with Gasteiger partial charge in [0.25, 0.3) is 0 Å². The molecule has 2 heterocycles. The minimum atomic E-state index is 0. The van der Waals surface area contributed by atoms with Crippen molar-refractivity contribution in [2.24, 2.45) is 4.99 Å². The number of nitrogens with zero attached hydrogens (tertiary/aromatic N) is 3. The van der Waals surface area contributed by atoms with Crippen LogP contribution in [0.2, 0.25) is 0 Å². The summed E-state index contributed by atoms with van der Waals surface area (Å²) in [5.41, 5.74) is 0. The minimum absolute atomic E-state index is 0. The first-order valence-corrected chi connectivity index (χ1v) is 7.27. The molecule has 0 radical (unpaired) electrons. The van der Waals surface area contributed by atoms with E-state index < -0.39 is 0 Å². The molecule has 1 aliphatic rings. The third kappa shape index (κ3) is 4.52. The summed E-state index contributed by atoms with van der Waals surface area (Å²) in [4.78, 5) is 8.78. The molecule has 19 heavy (non-hydrogen) atoms. The highest BCUT2D eigenvalue weighted by atomic mass is 127. The molecule has 0 amide bonds. The molecule has 1 aromatic rings. The molecule has 0 atom stereocenters. The van der Waals surface area contributed by atoms with Crippen LogP contribution in [-0.4, -0.2) is 51.1 Å². The second-order valence-electron chi connectivity index (χ2n) is 4.80. The van der Waals surface area contributed by atoms with E-state index in [1.165, 1.54) is 17.8 Å². The number of aliphatic imine (C=N–C) groups is 1. The van der Waals surface area contributed by atoms with Gasteiger partial charge in [-0.2, -0.15) is 0 Å². The average molecular weight is 394 g/mol. The molecule has 4 nitrogen and oxygen atoms in total. The molecule has 0 saturated carbocycles. The van der Waals surface area contributed by atoms with Crippen LogP contribution in [0.15, 0.2) is 22.5 Å². The van der Waals surface area contributed by atoms with Gasteiger partial charge in [0.05, 0.1) is 5.00 Å². The first kappa shape index (κ1) is 16.6. The molecular weight excluding hydrogens is 371 g/mol. The molecule has 108 valence electrons. The molecule has 6 heteroatoms. The summed E-state index contributed by atoms with van der Waals surface area (Å²) < 4.78 is 0. The molecule has 0 aromatic carbocycles. The van der Waals surface area contributed by atoms with Crippen molar-refractivity contribution in [3.05, 3.63) is 17.5 Å². The Morgan fingerprint density at radius 1 is 1.42 bits per heavy atom. The number of piperidine rings is 1. The molecule has 1 aliphatic heterocycles. The number of hydrogen-bond acceptors (Lipinski definition) is 3. The van der Waals surface area contributed by atoms with Gasteiger partial charge < -0.3 is 15.1 Å². The number of guanidine groups is 1.